The van der Waals surface area contributed by atoms with Crippen molar-refractivity contribution in [3.63, 3.8) is 0 Å². The number of rotatable bonds is 1. The standard InChI is InChI=1S/C12H7BrClFO/c13-8-4-1-3-7(12(8)15)11-9(14)5-2-6-10(11)16/h1-6,16H. The van der Waals surface area contributed by atoms with E-state index in [1.807, 2.05) is 0 Å². The van der Waals surface area contributed by atoms with Crippen LogP contribution in [0.25, 0.3) is 11.1 Å². The first-order chi connectivity index (χ1) is 7.61. The first-order valence-electron chi connectivity index (χ1n) is 4.53. The van der Waals surface area contributed by atoms with Gasteiger partial charge in [0, 0.05) is 11.1 Å². The van der Waals surface area contributed by atoms with E-state index in [-0.39, 0.29) is 11.3 Å². The van der Waals surface area contributed by atoms with Gasteiger partial charge in [-0.2, -0.15) is 0 Å². The fraction of sp³-hybridized carbons (Fsp3) is 0. The Bertz CT molecular complexity index is 522. The fourth-order valence-electron chi connectivity index (χ4n) is 1.48. The molecule has 16 heavy (non-hydrogen) atoms. The van der Waals surface area contributed by atoms with E-state index in [4.69, 9.17) is 11.6 Å². The van der Waals surface area contributed by atoms with Crippen LogP contribution < -0.4 is 0 Å². The number of halogens is 3. The SMILES string of the molecule is Oc1cccc(Cl)c1-c1cccc(Br)c1F. The summed E-state index contributed by atoms with van der Waals surface area (Å²) in [5.74, 6) is -0.476. The van der Waals surface area contributed by atoms with Gasteiger partial charge >= 0.3 is 0 Å². The minimum Gasteiger partial charge on any atom is -0.507 e. The average molecular weight is 302 g/mol. The number of benzene rings is 2. The molecule has 2 aromatic rings. The van der Waals surface area contributed by atoms with Gasteiger partial charge in [-0.15, -0.1) is 0 Å². The van der Waals surface area contributed by atoms with Gasteiger partial charge in [-0.3, -0.25) is 0 Å². The summed E-state index contributed by atoms with van der Waals surface area (Å²) in [6.45, 7) is 0. The van der Waals surface area contributed by atoms with Gasteiger partial charge < -0.3 is 5.11 Å². The van der Waals surface area contributed by atoms with Crippen LogP contribution in [0, 0.1) is 5.82 Å². The van der Waals surface area contributed by atoms with Gasteiger partial charge in [0.1, 0.15) is 11.6 Å². The summed E-state index contributed by atoms with van der Waals surface area (Å²) < 4.78 is 14.2. The van der Waals surface area contributed by atoms with Crippen LogP contribution in [0.4, 0.5) is 4.39 Å². The summed E-state index contributed by atoms with van der Waals surface area (Å²) in [6.07, 6.45) is 0. The lowest BCUT2D eigenvalue weighted by Crippen LogP contribution is -1.87. The van der Waals surface area contributed by atoms with E-state index in [0.717, 1.165) is 0 Å². The van der Waals surface area contributed by atoms with E-state index in [0.29, 0.717) is 15.1 Å². The normalized spacial score (nSPS) is 10.4. The molecule has 0 radical (unpaired) electrons. The molecule has 0 heterocycles. The van der Waals surface area contributed by atoms with Crippen molar-refractivity contribution in [2.45, 2.75) is 0 Å². The van der Waals surface area contributed by atoms with Crippen molar-refractivity contribution in [1.82, 2.24) is 0 Å². The van der Waals surface area contributed by atoms with E-state index in [2.05, 4.69) is 15.9 Å². The Morgan fingerprint density at radius 1 is 1.12 bits per heavy atom. The summed E-state index contributed by atoms with van der Waals surface area (Å²) in [5.41, 5.74) is 0.584. The highest BCUT2D eigenvalue weighted by atomic mass is 79.9. The summed E-state index contributed by atoms with van der Waals surface area (Å²) in [4.78, 5) is 0. The number of hydrogen-bond donors (Lipinski definition) is 1. The van der Waals surface area contributed by atoms with Crippen LogP contribution >= 0.6 is 27.5 Å². The van der Waals surface area contributed by atoms with E-state index in [1.54, 1.807) is 30.3 Å². The molecule has 0 unspecified atom stereocenters. The van der Waals surface area contributed by atoms with E-state index < -0.39 is 5.82 Å². The number of hydrogen-bond acceptors (Lipinski definition) is 1. The van der Waals surface area contributed by atoms with Gasteiger partial charge in [-0.1, -0.05) is 29.8 Å². The quantitative estimate of drug-likeness (QED) is 0.815. The highest BCUT2D eigenvalue weighted by Gasteiger charge is 2.14. The summed E-state index contributed by atoms with van der Waals surface area (Å²) in [7, 11) is 0. The molecule has 0 aromatic heterocycles. The molecule has 0 saturated carbocycles. The predicted molar refractivity (Wildman–Crippen MR) is 66.2 cm³/mol. The second kappa shape index (κ2) is 4.44. The summed E-state index contributed by atoms with van der Waals surface area (Å²) in [5, 5.41) is 10.0. The maximum Gasteiger partial charge on any atom is 0.145 e. The summed E-state index contributed by atoms with van der Waals surface area (Å²) >= 11 is 9.04. The average Bonchev–Trinajstić information content (AvgIpc) is 2.24. The predicted octanol–water partition coefficient (Wildman–Crippen LogP) is 4.61. The Kier molecular flexibility index (Phi) is 3.17. The van der Waals surface area contributed by atoms with Crippen LogP contribution in [0.2, 0.25) is 5.02 Å². The molecule has 4 heteroatoms. The van der Waals surface area contributed by atoms with Crippen molar-refractivity contribution >= 4 is 27.5 Å². The van der Waals surface area contributed by atoms with Crippen molar-refractivity contribution < 1.29 is 9.50 Å². The highest BCUT2D eigenvalue weighted by molar-refractivity contribution is 9.10. The fourth-order valence-corrected chi connectivity index (χ4v) is 2.11. The molecule has 2 aromatic carbocycles. The van der Waals surface area contributed by atoms with Crippen molar-refractivity contribution in [2.24, 2.45) is 0 Å². The zero-order chi connectivity index (χ0) is 11.7. The lowest BCUT2D eigenvalue weighted by atomic mass is 10.0. The molecule has 0 amide bonds. The molecular formula is C12H7BrClFO. The minimum atomic E-state index is -0.439. The lowest BCUT2D eigenvalue weighted by molar-refractivity contribution is 0.476. The number of phenols is 1. The Labute approximate surface area is 106 Å². The molecule has 0 spiro atoms. The molecule has 0 aliphatic heterocycles. The van der Waals surface area contributed by atoms with Gasteiger partial charge in [-0.25, -0.2) is 4.39 Å². The first kappa shape index (κ1) is 11.4. The molecule has 1 N–H and O–H groups in total. The third-order valence-corrected chi connectivity index (χ3v) is 3.14. The molecule has 1 nitrogen and oxygen atoms in total. The molecule has 0 aliphatic rings. The summed E-state index contributed by atoms with van der Waals surface area (Å²) in [6, 6.07) is 9.54. The molecule has 0 bridgehead atoms. The molecule has 0 fully saturated rings. The van der Waals surface area contributed by atoms with Crippen LogP contribution in [0.1, 0.15) is 0 Å². The van der Waals surface area contributed by atoms with Gasteiger partial charge in [0.05, 0.1) is 9.50 Å². The van der Waals surface area contributed by atoms with Gasteiger partial charge in [0.2, 0.25) is 0 Å². The second-order valence-electron chi connectivity index (χ2n) is 3.24. The Balaban J connectivity index is 2.73. The number of aromatic hydroxyl groups is 1. The van der Waals surface area contributed by atoms with Crippen LogP contribution in [-0.2, 0) is 0 Å². The van der Waals surface area contributed by atoms with Crippen LogP contribution in [0.15, 0.2) is 40.9 Å². The Morgan fingerprint density at radius 3 is 2.50 bits per heavy atom. The van der Waals surface area contributed by atoms with Gasteiger partial charge in [-0.05, 0) is 34.1 Å². The van der Waals surface area contributed by atoms with Crippen molar-refractivity contribution in [2.75, 3.05) is 0 Å². The zero-order valence-corrected chi connectivity index (χ0v) is 10.4. The van der Waals surface area contributed by atoms with Crippen LogP contribution in [0.3, 0.4) is 0 Å². The highest BCUT2D eigenvalue weighted by Crippen LogP contribution is 2.38. The third-order valence-electron chi connectivity index (χ3n) is 2.21. The van der Waals surface area contributed by atoms with Crippen molar-refractivity contribution in [1.29, 1.82) is 0 Å². The smallest absolute Gasteiger partial charge is 0.145 e. The van der Waals surface area contributed by atoms with Gasteiger partial charge in [0.15, 0.2) is 0 Å². The minimum absolute atomic E-state index is 0.0375. The topological polar surface area (TPSA) is 20.2 Å². The Morgan fingerprint density at radius 2 is 1.81 bits per heavy atom. The third kappa shape index (κ3) is 1.93. The maximum atomic E-state index is 13.8. The van der Waals surface area contributed by atoms with Crippen molar-refractivity contribution in [3.05, 3.63) is 51.7 Å². The Hall–Kier alpha value is -1.06. The molecular weight excluding hydrogens is 294 g/mol. The van der Waals surface area contributed by atoms with Crippen molar-refractivity contribution in [3.8, 4) is 16.9 Å². The van der Waals surface area contributed by atoms with Crippen LogP contribution in [0.5, 0.6) is 5.75 Å². The van der Waals surface area contributed by atoms with Gasteiger partial charge in [0.25, 0.3) is 0 Å². The second-order valence-corrected chi connectivity index (χ2v) is 4.50. The van der Waals surface area contributed by atoms with Crippen LogP contribution in [-0.4, -0.2) is 5.11 Å². The first-order valence-corrected chi connectivity index (χ1v) is 5.70. The van der Waals surface area contributed by atoms with E-state index in [1.165, 1.54) is 6.07 Å². The maximum absolute atomic E-state index is 13.8. The van der Waals surface area contributed by atoms with E-state index in [9.17, 15) is 9.50 Å². The molecule has 2 rings (SSSR count). The lowest BCUT2D eigenvalue weighted by Gasteiger charge is -2.08. The van der Waals surface area contributed by atoms with E-state index >= 15 is 0 Å². The molecule has 0 atom stereocenters. The molecule has 82 valence electrons. The monoisotopic (exact) mass is 300 g/mol. The molecule has 0 saturated heterocycles. The number of phenolic OH excluding ortho intramolecular Hbond substituents is 1. The largest absolute Gasteiger partial charge is 0.507 e. The zero-order valence-electron chi connectivity index (χ0n) is 8.05. The molecule has 0 aliphatic carbocycles.